The Hall–Kier alpha value is -0.880. The lowest BCUT2D eigenvalue weighted by atomic mass is 10.3. The maximum absolute atomic E-state index is 11.7. The first kappa shape index (κ1) is 13.2. The highest BCUT2D eigenvalue weighted by Crippen LogP contribution is 1.99. The third-order valence-electron chi connectivity index (χ3n) is 2.44. The molecule has 0 saturated carbocycles. The normalized spacial score (nSPS) is 18.8. The van der Waals surface area contributed by atoms with Crippen LogP contribution >= 0.6 is 0 Å². The van der Waals surface area contributed by atoms with Gasteiger partial charge >= 0.3 is 0 Å². The van der Waals surface area contributed by atoms with Gasteiger partial charge in [-0.25, -0.2) is 0 Å². The average molecular weight is 246 g/mol. The first-order chi connectivity index (χ1) is 7.63. The van der Waals surface area contributed by atoms with E-state index in [1.54, 1.807) is 4.90 Å². The van der Waals surface area contributed by atoms with E-state index < -0.39 is 10.3 Å². The molecule has 0 N–H and O–H groups in total. The van der Waals surface area contributed by atoms with Gasteiger partial charge in [-0.2, -0.15) is 8.97 Å². The van der Waals surface area contributed by atoms with Gasteiger partial charge in [0.15, 0.2) is 0 Å². The number of amides is 1. The van der Waals surface area contributed by atoms with Crippen LogP contribution in [0.25, 0.3) is 0 Å². The SMILES string of the molecule is COCN=S(#N)CC(=O)N1CCN(C)CC1. The van der Waals surface area contributed by atoms with Crippen molar-refractivity contribution >= 4 is 16.2 Å². The minimum atomic E-state index is -1.22. The molecular formula is C9H18N4O2S. The van der Waals surface area contributed by atoms with E-state index in [0.29, 0.717) is 0 Å². The van der Waals surface area contributed by atoms with E-state index in [2.05, 4.69) is 9.26 Å². The van der Waals surface area contributed by atoms with Crippen molar-refractivity contribution in [3.8, 4) is 0 Å². The van der Waals surface area contributed by atoms with Gasteiger partial charge in [0.2, 0.25) is 5.91 Å². The van der Waals surface area contributed by atoms with Crippen molar-refractivity contribution in [2.24, 2.45) is 4.36 Å². The van der Waals surface area contributed by atoms with Crippen LogP contribution in [0, 0.1) is 4.61 Å². The molecule has 0 aliphatic carbocycles. The summed E-state index contributed by atoms with van der Waals surface area (Å²) in [4.78, 5) is 15.7. The summed E-state index contributed by atoms with van der Waals surface area (Å²) in [6, 6.07) is 0. The Labute approximate surface area is 97.9 Å². The number of methoxy groups -OCH3 is 1. The van der Waals surface area contributed by atoms with Crippen molar-refractivity contribution in [1.29, 1.82) is 4.61 Å². The molecule has 1 saturated heterocycles. The lowest BCUT2D eigenvalue weighted by molar-refractivity contribution is -0.129. The topological polar surface area (TPSA) is 68.9 Å². The van der Waals surface area contributed by atoms with Crippen molar-refractivity contribution < 1.29 is 9.53 Å². The molecule has 92 valence electrons. The van der Waals surface area contributed by atoms with Crippen LogP contribution in [0.15, 0.2) is 4.36 Å². The van der Waals surface area contributed by atoms with E-state index in [4.69, 9.17) is 4.74 Å². The van der Waals surface area contributed by atoms with Gasteiger partial charge in [0, 0.05) is 33.3 Å². The number of rotatable bonds is 3. The van der Waals surface area contributed by atoms with Crippen LogP contribution in [-0.2, 0) is 19.9 Å². The molecule has 1 fully saturated rings. The second-order valence-corrected chi connectivity index (χ2v) is 4.94. The molecule has 0 aromatic rings. The number of hydrogen-bond donors (Lipinski definition) is 0. The van der Waals surface area contributed by atoms with Crippen molar-refractivity contribution in [3.05, 3.63) is 0 Å². The fourth-order valence-electron chi connectivity index (χ4n) is 1.42. The summed E-state index contributed by atoms with van der Waals surface area (Å²) in [7, 11) is 2.32. The number of likely N-dealkylation sites (N-methyl/N-ethyl adjacent to an activating group) is 1. The third-order valence-corrected chi connectivity index (χ3v) is 3.35. The molecule has 1 rings (SSSR count). The molecule has 0 radical (unpaired) electrons. The zero-order chi connectivity index (χ0) is 12.0. The van der Waals surface area contributed by atoms with Crippen LogP contribution in [0.2, 0.25) is 0 Å². The minimum Gasteiger partial charge on any atom is -0.361 e. The zero-order valence-electron chi connectivity index (χ0n) is 9.76. The summed E-state index contributed by atoms with van der Waals surface area (Å²) in [6.07, 6.45) is 0. The van der Waals surface area contributed by atoms with E-state index in [0.717, 1.165) is 26.2 Å². The number of hydrogen-bond acceptors (Lipinski definition) is 5. The largest absolute Gasteiger partial charge is 0.361 e. The van der Waals surface area contributed by atoms with Crippen LogP contribution in [0.4, 0.5) is 0 Å². The fraction of sp³-hybridized carbons (Fsp3) is 0.889. The van der Waals surface area contributed by atoms with Crippen molar-refractivity contribution in [2.75, 3.05) is 52.8 Å². The summed E-state index contributed by atoms with van der Waals surface area (Å²) >= 11 is 0. The number of ether oxygens (including phenoxy) is 1. The Kier molecular flexibility index (Phi) is 5.48. The van der Waals surface area contributed by atoms with E-state index in [1.165, 1.54) is 7.11 Å². The van der Waals surface area contributed by atoms with Crippen molar-refractivity contribution in [2.45, 2.75) is 0 Å². The average Bonchev–Trinajstić information content (AvgIpc) is 2.27. The molecule has 1 aliphatic heterocycles. The number of carbonyl (C=O) groups excluding carboxylic acids is 1. The first-order valence-electron chi connectivity index (χ1n) is 5.16. The standard InChI is InChI=1S/C9H18N4O2S/c1-12-3-5-13(6-4-12)9(14)7-16(10)11-8-15-2/h3-8H2,1-2H3. The fourth-order valence-corrected chi connectivity index (χ4v) is 2.14. The van der Waals surface area contributed by atoms with Crippen molar-refractivity contribution in [1.82, 2.24) is 9.80 Å². The third kappa shape index (κ3) is 4.32. The highest BCUT2D eigenvalue weighted by atomic mass is 32.2. The molecule has 1 heterocycles. The molecule has 0 spiro atoms. The molecule has 0 aromatic heterocycles. The molecule has 6 nitrogen and oxygen atoms in total. The molecule has 16 heavy (non-hydrogen) atoms. The Morgan fingerprint density at radius 1 is 1.44 bits per heavy atom. The summed E-state index contributed by atoms with van der Waals surface area (Å²) < 4.78 is 18.0. The van der Waals surface area contributed by atoms with E-state index in [9.17, 15) is 9.40 Å². The van der Waals surface area contributed by atoms with E-state index in [1.807, 2.05) is 7.05 Å². The lowest BCUT2D eigenvalue weighted by Gasteiger charge is -2.31. The molecule has 1 amide bonds. The maximum atomic E-state index is 11.7. The highest BCUT2D eigenvalue weighted by Gasteiger charge is 2.18. The predicted molar refractivity (Wildman–Crippen MR) is 62.3 cm³/mol. The smallest absolute Gasteiger partial charge is 0.239 e. The van der Waals surface area contributed by atoms with Crippen LogP contribution in [0.3, 0.4) is 0 Å². The number of nitrogens with zero attached hydrogens (tertiary/aromatic N) is 4. The van der Waals surface area contributed by atoms with E-state index in [-0.39, 0.29) is 18.4 Å². The predicted octanol–water partition coefficient (Wildman–Crippen LogP) is -0.354. The van der Waals surface area contributed by atoms with Crippen molar-refractivity contribution in [3.63, 3.8) is 0 Å². The van der Waals surface area contributed by atoms with Gasteiger partial charge in [-0.1, -0.05) is 0 Å². The Morgan fingerprint density at radius 2 is 2.06 bits per heavy atom. The number of carbonyl (C=O) groups is 1. The van der Waals surface area contributed by atoms with E-state index >= 15 is 0 Å². The van der Waals surface area contributed by atoms with Crippen LogP contribution in [0.5, 0.6) is 0 Å². The monoisotopic (exact) mass is 246 g/mol. The van der Waals surface area contributed by atoms with Gasteiger partial charge in [0.05, 0.1) is 10.3 Å². The number of piperazine rings is 1. The molecule has 0 aromatic carbocycles. The van der Waals surface area contributed by atoms with Gasteiger partial charge in [-0.05, 0) is 7.05 Å². The molecular weight excluding hydrogens is 228 g/mol. The van der Waals surface area contributed by atoms with Gasteiger partial charge < -0.3 is 14.5 Å². The Morgan fingerprint density at radius 3 is 2.62 bits per heavy atom. The van der Waals surface area contributed by atoms with Crippen LogP contribution < -0.4 is 0 Å². The van der Waals surface area contributed by atoms with Crippen LogP contribution in [-0.4, -0.2) is 68.5 Å². The lowest BCUT2D eigenvalue weighted by Crippen LogP contribution is -2.48. The molecule has 0 bridgehead atoms. The van der Waals surface area contributed by atoms with Gasteiger partial charge in [0.25, 0.3) is 0 Å². The summed E-state index contributed by atoms with van der Waals surface area (Å²) in [5.41, 5.74) is 0. The molecule has 0 unspecified atom stereocenters. The second-order valence-electron chi connectivity index (χ2n) is 3.72. The molecule has 1 aliphatic rings. The first-order valence-corrected chi connectivity index (χ1v) is 6.47. The summed E-state index contributed by atoms with van der Waals surface area (Å²) in [5, 5.41) is 0. The maximum Gasteiger partial charge on any atom is 0.239 e. The van der Waals surface area contributed by atoms with Gasteiger partial charge in [-0.3, -0.25) is 4.79 Å². The summed E-state index contributed by atoms with van der Waals surface area (Å²) in [6.45, 7) is 3.38. The highest BCUT2D eigenvalue weighted by molar-refractivity contribution is 7.74. The van der Waals surface area contributed by atoms with Gasteiger partial charge in [-0.15, -0.1) is 0 Å². The van der Waals surface area contributed by atoms with Crippen LogP contribution in [0.1, 0.15) is 0 Å². The van der Waals surface area contributed by atoms with Gasteiger partial charge in [0.1, 0.15) is 12.5 Å². The minimum absolute atomic E-state index is 0.0289. The Balaban J connectivity index is 2.39. The molecule has 0 atom stereocenters. The second kappa shape index (κ2) is 6.65. The quantitative estimate of drug-likeness (QED) is 0.682. The molecule has 7 heteroatoms. The Bertz CT molecular complexity index is 357. The zero-order valence-corrected chi connectivity index (χ0v) is 10.6. The summed E-state index contributed by atoms with van der Waals surface area (Å²) in [5.74, 6) is 0.0476.